The Hall–Kier alpha value is -0.660. The zero-order chi connectivity index (χ0) is 12.8. The number of hydrogen-bond donors (Lipinski definition) is 2. The zero-order valence-corrected chi connectivity index (χ0v) is 11.5. The van der Waals surface area contributed by atoms with E-state index >= 15 is 0 Å². The smallest absolute Gasteiger partial charge is 0.244 e. The highest BCUT2D eigenvalue weighted by Crippen LogP contribution is 2.36. The van der Waals surface area contributed by atoms with Gasteiger partial charge in [-0.25, -0.2) is 17.5 Å². The number of benzene rings is 1. The molecule has 0 bridgehead atoms. The van der Waals surface area contributed by atoms with Gasteiger partial charge in [-0.15, -0.1) is 0 Å². The fraction of sp³-hybridized carbons (Fsp3) is 0.400. The maximum absolute atomic E-state index is 13.6. The lowest BCUT2D eigenvalue weighted by Gasteiger charge is -2.13. The molecule has 0 aliphatic heterocycles. The van der Waals surface area contributed by atoms with E-state index in [2.05, 4.69) is 20.7 Å². The Bertz CT molecular complexity index is 570. The summed E-state index contributed by atoms with van der Waals surface area (Å²) in [5.41, 5.74) is 5.31. The second-order valence-corrected chi connectivity index (χ2v) is 6.98. The zero-order valence-electron chi connectivity index (χ0n) is 9.13. The first-order valence-electron chi connectivity index (χ1n) is 5.02. The summed E-state index contributed by atoms with van der Waals surface area (Å²) in [6.07, 6.45) is 1.53. The Balaban J connectivity index is 2.42. The summed E-state index contributed by atoms with van der Waals surface area (Å²) >= 11 is 3.04. The Kier molecular flexibility index (Phi) is 2.95. The number of hydrogen-bond acceptors (Lipinski definition) is 3. The minimum atomic E-state index is -3.85. The molecule has 0 saturated heterocycles. The van der Waals surface area contributed by atoms with Gasteiger partial charge in [0.05, 0.1) is 0 Å². The first-order valence-corrected chi connectivity index (χ1v) is 7.30. The van der Waals surface area contributed by atoms with Gasteiger partial charge in [-0.2, -0.15) is 0 Å². The highest BCUT2D eigenvalue weighted by atomic mass is 79.9. The molecule has 17 heavy (non-hydrogen) atoms. The van der Waals surface area contributed by atoms with Crippen LogP contribution < -0.4 is 10.5 Å². The highest BCUT2D eigenvalue weighted by molar-refractivity contribution is 9.10. The molecule has 94 valence electrons. The normalized spacial score (nSPS) is 18.1. The Labute approximate surface area is 108 Å². The van der Waals surface area contributed by atoms with Gasteiger partial charge in [0.2, 0.25) is 10.0 Å². The molecule has 1 aromatic rings. The Morgan fingerprint density at radius 1 is 1.47 bits per heavy atom. The van der Waals surface area contributed by atoms with Crippen LogP contribution in [-0.4, -0.2) is 14.0 Å². The summed E-state index contributed by atoms with van der Waals surface area (Å²) in [4.78, 5) is -0.411. The van der Waals surface area contributed by atoms with Gasteiger partial charge in [-0.3, -0.25) is 0 Å². The van der Waals surface area contributed by atoms with Gasteiger partial charge < -0.3 is 5.73 Å². The molecule has 1 aliphatic carbocycles. The standard InChI is InChI=1S/C10H12BrFN2O2S/c1-10(2-3-10)14-17(15,16)9-5-8(13)6(11)4-7(9)12/h4-5,14H,2-3,13H2,1H3. The van der Waals surface area contributed by atoms with Gasteiger partial charge >= 0.3 is 0 Å². The highest BCUT2D eigenvalue weighted by Gasteiger charge is 2.41. The predicted molar refractivity (Wildman–Crippen MR) is 66.5 cm³/mol. The topological polar surface area (TPSA) is 72.2 Å². The monoisotopic (exact) mass is 322 g/mol. The van der Waals surface area contributed by atoms with Crippen LogP contribution in [0.3, 0.4) is 0 Å². The van der Waals surface area contributed by atoms with Crippen LogP contribution in [0.25, 0.3) is 0 Å². The lowest BCUT2D eigenvalue weighted by Crippen LogP contribution is -2.34. The maximum atomic E-state index is 13.6. The molecular formula is C10H12BrFN2O2S. The van der Waals surface area contributed by atoms with Crippen molar-refractivity contribution < 1.29 is 12.8 Å². The molecule has 0 amide bonds. The number of rotatable bonds is 3. The quantitative estimate of drug-likeness (QED) is 0.836. The Morgan fingerprint density at radius 3 is 2.59 bits per heavy atom. The third-order valence-electron chi connectivity index (χ3n) is 2.72. The van der Waals surface area contributed by atoms with E-state index in [0.717, 1.165) is 25.0 Å². The van der Waals surface area contributed by atoms with E-state index in [0.29, 0.717) is 4.47 Å². The molecule has 1 aromatic carbocycles. The van der Waals surface area contributed by atoms with E-state index in [1.165, 1.54) is 0 Å². The van der Waals surface area contributed by atoms with Crippen molar-refractivity contribution in [2.45, 2.75) is 30.2 Å². The van der Waals surface area contributed by atoms with Crippen molar-refractivity contribution in [3.8, 4) is 0 Å². The minimum Gasteiger partial charge on any atom is -0.398 e. The van der Waals surface area contributed by atoms with Crippen molar-refractivity contribution in [1.29, 1.82) is 0 Å². The molecular weight excluding hydrogens is 311 g/mol. The molecule has 7 heteroatoms. The molecule has 0 heterocycles. The predicted octanol–water partition coefficient (Wildman–Crippen LogP) is 2.00. The molecule has 0 aromatic heterocycles. The molecule has 3 N–H and O–H groups in total. The fourth-order valence-electron chi connectivity index (χ4n) is 1.42. The van der Waals surface area contributed by atoms with Crippen LogP contribution in [0.4, 0.5) is 10.1 Å². The van der Waals surface area contributed by atoms with E-state index in [1.807, 2.05) is 0 Å². The molecule has 0 radical (unpaired) electrons. The number of nitrogens with two attached hydrogens (primary N) is 1. The molecule has 1 fully saturated rings. The lowest BCUT2D eigenvalue weighted by atomic mass is 10.3. The summed E-state index contributed by atoms with van der Waals surface area (Å²) in [5.74, 6) is -0.817. The molecule has 4 nitrogen and oxygen atoms in total. The second kappa shape index (κ2) is 3.93. The van der Waals surface area contributed by atoms with Crippen molar-refractivity contribution in [3.63, 3.8) is 0 Å². The van der Waals surface area contributed by atoms with Gasteiger partial charge in [0, 0.05) is 15.7 Å². The number of halogens is 2. The van der Waals surface area contributed by atoms with Crippen LogP contribution in [0.1, 0.15) is 19.8 Å². The van der Waals surface area contributed by atoms with Crippen molar-refractivity contribution in [3.05, 3.63) is 22.4 Å². The van der Waals surface area contributed by atoms with E-state index in [1.54, 1.807) is 6.92 Å². The first kappa shape index (κ1) is 12.8. The van der Waals surface area contributed by atoms with Gasteiger partial charge in [0.15, 0.2) is 0 Å². The molecule has 1 saturated carbocycles. The van der Waals surface area contributed by atoms with Crippen molar-refractivity contribution in [2.75, 3.05) is 5.73 Å². The van der Waals surface area contributed by atoms with Crippen molar-refractivity contribution >= 4 is 31.6 Å². The van der Waals surface area contributed by atoms with E-state index in [4.69, 9.17) is 5.73 Å². The van der Waals surface area contributed by atoms with Gasteiger partial charge in [0.1, 0.15) is 10.7 Å². The minimum absolute atomic E-state index is 0.188. The summed E-state index contributed by atoms with van der Waals surface area (Å²) in [7, 11) is -3.85. The SMILES string of the molecule is CC1(NS(=O)(=O)c2cc(N)c(Br)cc2F)CC1. The van der Waals surface area contributed by atoms with Gasteiger partial charge in [-0.05, 0) is 47.8 Å². The maximum Gasteiger partial charge on any atom is 0.244 e. The van der Waals surface area contributed by atoms with Crippen LogP contribution in [0.15, 0.2) is 21.5 Å². The number of sulfonamides is 1. The molecule has 0 spiro atoms. The third kappa shape index (κ3) is 2.61. The molecule has 1 aliphatic rings. The molecule has 2 rings (SSSR count). The van der Waals surface area contributed by atoms with Gasteiger partial charge in [0.25, 0.3) is 0 Å². The average Bonchev–Trinajstić information content (AvgIpc) is 2.88. The number of nitrogen functional groups attached to an aromatic ring is 1. The van der Waals surface area contributed by atoms with E-state index < -0.39 is 26.3 Å². The summed E-state index contributed by atoms with van der Waals surface area (Å²) in [5, 5.41) is 0. The third-order valence-corrected chi connectivity index (χ3v) is 5.06. The van der Waals surface area contributed by atoms with Crippen LogP contribution in [0.5, 0.6) is 0 Å². The van der Waals surface area contributed by atoms with Gasteiger partial charge in [-0.1, -0.05) is 0 Å². The van der Waals surface area contributed by atoms with Crippen molar-refractivity contribution in [1.82, 2.24) is 4.72 Å². The van der Waals surface area contributed by atoms with Crippen LogP contribution >= 0.6 is 15.9 Å². The fourth-order valence-corrected chi connectivity index (χ4v) is 3.30. The van der Waals surface area contributed by atoms with Crippen LogP contribution in [0.2, 0.25) is 0 Å². The summed E-state index contributed by atoms with van der Waals surface area (Å²) < 4.78 is 40.3. The Morgan fingerprint density at radius 2 is 2.06 bits per heavy atom. The summed E-state index contributed by atoms with van der Waals surface area (Å²) in [6.45, 7) is 1.78. The van der Waals surface area contributed by atoms with E-state index in [-0.39, 0.29) is 5.69 Å². The second-order valence-electron chi connectivity index (χ2n) is 4.47. The molecule has 0 unspecified atom stereocenters. The van der Waals surface area contributed by atoms with Crippen LogP contribution in [-0.2, 0) is 10.0 Å². The largest absolute Gasteiger partial charge is 0.398 e. The van der Waals surface area contributed by atoms with E-state index in [9.17, 15) is 12.8 Å². The molecule has 0 atom stereocenters. The number of anilines is 1. The summed E-state index contributed by atoms with van der Waals surface area (Å²) in [6, 6.07) is 2.17. The van der Waals surface area contributed by atoms with Crippen molar-refractivity contribution in [2.24, 2.45) is 0 Å². The average molecular weight is 323 g/mol. The van der Waals surface area contributed by atoms with Crippen LogP contribution in [0, 0.1) is 5.82 Å². The first-order chi connectivity index (χ1) is 7.73. The number of nitrogens with one attached hydrogen (secondary N) is 1. The lowest BCUT2D eigenvalue weighted by molar-refractivity contribution is 0.540.